The van der Waals surface area contributed by atoms with Crippen molar-refractivity contribution < 1.29 is 8.42 Å². The second-order valence-corrected chi connectivity index (χ2v) is 8.31. The van der Waals surface area contributed by atoms with Gasteiger partial charge in [-0.2, -0.15) is 0 Å². The summed E-state index contributed by atoms with van der Waals surface area (Å²) in [5.41, 5.74) is 2.28. The molecule has 1 N–H and O–H groups in total. The minimum Gasteiger partial charge on any atom is -0.385 e. The highest BCUT2D eigenvalue weighted by Crippen LogP contribution is 2.22. The van der Waals surface area contributed by atoms with Gasteiger partial charge in [0.1, 0.15) is 0 Å². The van der Waals surface area contributed by atoms with Crippen LogP contribution >= 0.6 is 15.9 Å². The molecule has 6 heteroatoms. The molecule has 1 aliphatic heterocycles. The Hall–Kier alpha value is -0.590. The number of benzene rings is 1. The van der Waals surface area contributed by atoms with Gasteiger partial charge in [-0.25, -0.2) is 12.7 Å². The summed E-state index contributed by atoms with van der Waals surface area (Å²) in [5.74, 6) is 0.377. The van der Waals surface area contributed by atoms with Gasteiger partial charge in [0.15, 0.2) is 0 Å². The number of piperidine rings is 1. The van der Waals surface area contributed by atoms with Crippen molar-refractivity contribution in [2.45, 2.75) is 19.8 Å². The summed E-state index contributed by atoms with van der Waals surface area (Å²) in [4.78, 5) is 0. The summed E-state index contributed by atoms with van der Waals surface area (Å²) in [6, 6.07) is 6.16. The van der Waals surface area contributed by atoms with Crippen LogP contribution in [0.2, 0.25) is 0 Å². The number of aryl methyl sites for hydroxylation is 1. The number of halogens is 1. The quantitative estimate of drug-likeness (QED) is 0.897. The van der Waals surface area contributed by atoms with Gasteiger partial charge < -0.3 is 5.32 Å². The molecule has 1 unspecified atom stereocenters. The van der Waals surface area contributed by atoms with Gasteiger partial charge in [-0.15, -0.1) is 0 Å². The Bertz CT molecular complexity index is 575. The predicted octanol–water partition coefficient (Wildman–Crippen LogP) is 2.84. The molecule has 1 fully saturated rings. The molecular formula is C14H21BrN2O2S. The molecule has 1 saturated heterocycles. The molecular weight excluding hydrogens is 340 g/mol. The van der Waals surface area contributed by atoms with E-state index < -0.39 is 10.0 Å². The molecule has 0 spiro atoms. The number of rotatable bonds is 4. The van der Waals surface area contributed by atoms with Crippen LogP contribution in [0.1, 0.15) is 18.4 Å². The van der Waals surface area contributed by atoms with E-state index in [0.29, 0.717) is 19.0 Å². The third-order valence-corrected chi connectivity index (χ3v) is 5.86. The van der Waals surface area contributed by atoms with Crippen molar-refractivity contribution in [3.63, 3.8) is 0 Å². The maximum absolute atomic E-state index is 11.6. The van der Waals surface area contributed by atoms with Crippen LogP contribution in [0.15, 0.2) is 22.7 Å². The number of anilines is 1. The fourth-order valence-electron chi connectivity index (χ4n) is 2.51. The lowest BCUT2D eigenvalue weighted by Gasteiger charge is -2.31. The van der Waals surface area contributed by atoms with Crippen LogP contribution < -0.4 is 5.32 Å². The molecule has 2 rings (SSSR count). The minimum absolute atomic E-state index is 0.377. The van der Waals surface area contributed by atoms with Crippen LogP contribution in [0.4, 0.5) is 5.69 Å². The first-order valence-electron chi connectivity index (χ1n) is 6.81. The first-order valence-corrected chi connectivity index (χ1v) is 9.45. The SMILES string of the molecule is Cc1cc(NCC2CCCN(S(C)(=O)=O)C2)ccc1Br. The number of hydrogen-bond acceptors (Lipinski definition) is 3. The van der Waals surface area contributed by atoms with Crippen molar-refractivity contribution >= 4 is 31.6 Å². The Morgan fingerprint density at radius 2 is 2.20 bits per heavy atom. The van der Waals surface area contributed by atoms with Crippen molar-refractivity contribution in [2.75, 3.05) is 31.2 Å². The molecule has 0 amide bonds. The number of nitrogens with one attached hydrogen (secondary N) is 1. The van der Waals surface area contributed by atoms with Gasteiger partial charge in [-0.05, 0) is 49.4 Å². The molecule has 0 aromatic heterocycles. The maximum atomic E-state index is 11.6. The fourth-order valence-corrected chi connectivity index (χ4v) is 3.70. The summed E-state index contributed by atoms with van der Waals surface area (Å²) >= 11 is 3.49. The Morgan fingerprint density at radius 3 is 2.85 bits per heavy atom. The Kier molecular flexibility index (Phi) is 5.09. The van der Waals surface area contributed by atoms with Gasteiger partial charge in [0.25, 0.3) is 0 Å². The zero-order valence-corrected chi connectivity index (χ0v) is 14.3. The third kappa shape index (κ3) is 4.20. The molecule has 0 radical (unpaired) electrons. The van der Waals surface area contributed by atoms with E-state index in [2.05, 4.69) is 34.2 Å². The molecule has 1 aromatic carbocycles. The van der Waals surface area contributed by atoms with Gasteiger partial charge in [-0.1, -0.05) is 15.9 Å². The first-order chi connectivity index (χ1) is 9.36. The molecule has 1 atom stereocenters. The van der Waals surface area contributed by atoms with Gasteiger partial charge in [0.2, 0.25) is 10.0 Å². The minimum atomic E-state index is -3.05. The summed E-state index contributed by atoms with van der Waals surface area (Å²) in [6.45, 7) is 4.16. The van der Waals surface area contributed by atoms with Crippen molar-refractivity contribution in [3.8, 4) is 0 Å². The maximum Gasteiger partial charge on any atom is 0.211 e. The highest BCUT2D eigenvalue weighted by molar-refractivity contribution is 9.10. The van der Waals surface area contributed by atoms with Crippen LogP contribution in [0.5, 0.6) is 0 Å². The van der Waals surface area contributed by atoms with E-state index in [4.69, 9.17) is 0 Å². The molecule has 112 valence electrons. The lowest BCUT2D eigenvalue weighted by Crippen LogP contribution is -2.41. The Labute approximate surface area is 129 Å². The highest BCUT2D eigenvalue weighted by atomic mass is 79.9. The van der Waals surface area contributed by atoms with Crippen LogP contribution in [0.25, 0.3) is 0 Å². The summed E-state index contributed by atoms with van der Waals surface area (Å²) in [6.07, 6.45) is 3.31. The van der Waals surface area contributed by atoms with Crippen molar-refractivity contribution in [3.05, 3.63) is 28.2 Å². The second kappa shape index (κ2) is 6.45. The van der Waals surface area contributed by atoms with Crippen molar-refractivity contribution in [1.82, 2.24) is 4.31 Å². The number of hydrogen-bond donors (Lipinski definition) is 1. The normalized spacial score (nSPS) is 20.9. The van der Waals surface area contributed by atoms with Crippen LogP contribution in [-0.2, 0) is 10.0 Å². The van der Waals surface area contributed by atoms with Gasteiger partial charge in [0.05, 0.1) is 6.26 Å². The summed E-state index contributed by atoms with van der Waals surface area (Å²) < 4.78 is 25.9. The molecule has 4 nitrogen and oxygen atoms in total. The predicted molar refractivity (Wildman–Crippen MR) is 86.5 cm³/mol. The van der Waals surface area contributed by atoms with E-state index >= 15 is 0 Å². The van der Waals surface area contributed by atoms with Crippen molar-refractivity contribution in [2.24, 2.45) is 5.92 Å². The van der Waals surface area contributed by atoms with E-state index in [9.17, 15) is 8.42 Å². The van der Waals surface area contributed by atoms with Crippen LogP contribution in [0.3, 0.4) is 0 Å². The number of sulfonamides is 1. The van der Waals surface area contributed by atoms with E-state index in [1.807, 2.05) is 12.1 Å². The fraction of sp³-hybridized carbons (Fsp3) is 0.571. The van der Waals surface area contributed by atoms with Gasteiger partial charge in [-0.3, -0.25) is 0 Å². The second-order valence-electron chi connectivity index (χ2n) is 5.47. The molecule has 1 heterocycles. The smallest absolute Gasteiger partial charge is 0.211 e. The molecule has 1 aromatic rings. The van der Waals surface area contributed by atoms with Crippen LogP contribution in [-0.4, -0.2) is 38.6 Å². The monoisotopic (exact) mass is 360 g/mol. The van der Waals surface area contributed by atoms with E-state index in [-0.39, 0.29) is 0 Å². The third-order valence-electron chi connectivity index (χ3n) is 3.70. The van der Waals surface area contributed by atoms with E-state index in [0.717, 1.165) is 29.5 Å². The van der Waals surface area contributed by atoms with Crippen LogP contribution in [0, 0.1) is 12.8 Å². The topological polar surface area (TPSA) is 49.4 Å². The van der Waals surface area contributed by atoms with Gasteiger partial charge in [0, 0.05) is 29.8 Å². The zero-order chi connectivity index (χ0) is 14.8. The average Bonchev–Trinajstić information content (AvgIpc) is 2.39. The summed E-state index contributed by atoms with van der Waals surface area (Å²) in [5, 5.41) is 3.41. The Morgan fingerprint density at radius 1 is 1.45 bits per heavy atom. The zero-order valence-electron chi connectivity index (χ0n) is 11.9. The van der Waals surface area contributed by atoms with Gasteiger partial charge >= 0.3 is 0 Å². The molecule has 0 aliphatic carbocycles. The van der Waals surface area contributed by atoms with E-state index in [1.165, 1.54) is 11.8 Å². The van der Waals surface area contributed by atoms with E-state index in [1.54, 1.807) is 4.31 Å². The molecule has 1 aliphatic rings. The first kappa shape index (κ1) is 15.8. The molecule has 0 bridgehead atoms. The number of nitrogens with zero attached hydrogens (tertiary/aromatic N) is 1. The van der Waals surface area contributed by atoms with Crippen molar-refractivity contribution in [1.29, 1.82) is 0 Å². The molecule has 20 heavy (non-hydrogen) atoms. The molecule has 0 saturated carbocycles. The average molecular weight is 361 g/mol. The highest BCUT2D eigenvalue weighted by Gasteiger charge is 2.25. The summed E-state index contributed by atoms with van der Waals surface area (Å²) in [7, 11) is -3.05. The largest absolute Gasteiger partial charge is 0.385 e. The lowest BCUT2D eigenvalue weighted by atomic mass is 9.99. The lowest BCUT2D eigenvalue weighted by molar-refractivity contribution is 0.277. The standard InChI is InChI=1S/C14H21BrN2O2S/c1-11-8-13(5-6-14(11)15)16-9-12-4-3-7-17(10-12)20(2,18)19/h5-6,8,12,16H,3-4,7,9-10H2,1-2H3. The Balaban J connectivity index is 1.92.